The second-order valence-electron chi connectivity index (χ2n) is 5.97. The maximum absolute atomic E-state index is 12.4. The van der Waals surface area contributed by atoms with Crippen molar-refractivity contribution in [3.05, 3.63) is 12.2 Å². The Morgan fingerprint density at radius 2 is 2.00 bits per heavy atom. The summed E-state index contributed by atoms with van der Waals surface area (Å²) in [7, 11) is 0. The van der Waals surface area contributed by atoms with Crippen molar-refractivity contribution in [2.45, 2.75) is 57.8 Å². The largest absolute Gasteiger partial charge is 0.354 e. The summed E-state index contributed by atoms with van der Waals surface area (Å²) in [6, 6.07) is 2.32. The molecule has 3 nitrogen and oxygen atoms in total. The molecule has 1 atom stereocenters. The van der Waals surface area contributed by atoms with E-state index in [2.05, 4.69) is 23.5 Å². The normalized spacial score (nSPS) is 26.2. The lowest BCUT2D eigenvalue weighted by Crippen LogP contribution is -2.42. The second kappa shape index (κ2) is 6.75. The molecule has 0 heterocycles. The topological polar surface area (TPSA) is 52.9 Å². The number of carbonyl (C=O) groups excluding carboxylic acids is 1. The van der Waals surface area contributed by atoms with Gasteiger partial charge >= 0.3 is 0 Å². The average molecular weight is 260 g/mol. The molecule has 0 aromatic heterocycles. The lowest BCUT2D eigenvalue weighted by Gasteiger charge is -2.25. The second-order valence-corrected chi connectivity index (χ2v) is 5.97. The standard InChI is InChI=1S/C16H24N2O/c17-13-16(10-6-1-2-7-11-16)15(19)18-12-14-8-4-3-5-9-14/h3-4,14H,1-2,5-12H2,(H,18,19). The van der Waals surface area contributed by atoms with E-state index >= 15 is 0 Å². The van der Waals surface area contributed by atoms with Crippen LogP contribution >= 0.6 is 0 Å². The lowest BCUT2D eigenvalue weighted by atomic mass is 9.80. The average Bonchev–Trinajstić information content (AvgIpc) is 2.72. The molecule has 1 N–H and O–H groups in total. The van der Waals surface area contributed by atoms with Gasteiger partial charge in [0.1, 0.15) is 5.41 Å². The summed E-state index contributed by atoms with van der Waals surface area (Å²) in [5.41, 5.74) is -0.749. The fourth-order valence-electron chi connectivity index (χ4n) is 3.17. The van der Waals surface area contributed by atoms with Crippen LogP contribution in [0.15, 0.2) is 12.2 Å². The van der Waals surface area contributed by atoms with Gasteiger partial charge < -0.3 is 5.32 Å². The van der Waals surface area contributed by atoms with Gasteiger partial charge in [-0.1, -0.05) is 37.8 Å². The molecule has 0 bridgehead atoms. The van der Waals surface area contributed by atoms with Gasteiger partial charge in [0.15, 0.2) is 0 Å². The van der Waals surface area contributed by atoms with Gasteiger partial charge in [-0.3, -0.25) is 4.79 Å². The minimum atomic E-state index is -0.749. The maximum Gasteiger partial charge on any atom is 0.240 e. The van der Waals surface area contributed by atoms with Crippen molar-refractivity contribution in [3.63, 3.8) is 0 Å². The highest BCUT2D eigenvalue weighted by Gasteiger charge is 2.38. The van der Waals surface area contributed by atoms with E-state index in [1.165, 1.54) is 0 Å². The first-order chi connectivity index (χ1) is 9.27. The number of carbonyl (C=O) groups is 1. The predicted molar refractivity (Wildman–Crippen MR) is 75.2 cm³/mol. The third-order valence-electron chi connectivity index (χ3n) is 4.53. The highest BCUT2D eigenvalue weighted by molar-refractivity contribution is 5.85. The van der Waals surface area contributed by atoms with E-state index in [1.807, 2.05) is 0 Å². The number of nitriles is 1. The zero-order valence-corrected chi connectivity index (χ0v) is 11.7. The van der Waals surface area contributed by atoms with Crippen molar-refractivity contribution in [2.24, 2.45) is 11.3 Å². The van der Waals surface area contributed by atoms with Crippen molar-refractivity contribution >= 4 is 5.91 Å². The fraction of sp³-hybridized carbons (Fsp3) is 0.750. The van der Waals surface area contributed by atoms with Crippen LogP contribution in [0.5, 0.6) is 0 Å². The minimum absolute atomic E-state index is 0.0218. The molecule has 2 aliphatic carbocycles. The van der Waals surface area contributed by atoms with Crippen LogP contribution in [-0.2, 0) is 4.79 Å². The molecule has 1 unspecified atom stereocenters. The van der Waals surface area contributed by atoms with Gasteiger partial charge in [-0.15, -0.1) is 0 Å². The number of hydrogen-bond acceptors (Lipinski definition) is 2. The van der Waals surface area contributed by atoms with Gasteiger partial charge in [0.05, 0.1) is 6.07 Å². The number of nitrogens with zero attached hydrogens (tertiary/aromatic N) is 1. The van der Waals surface area contributed by atoms with Gasteiger partial charge in [-0.2, -0.15) is 5.26 Å². The van der Waals surface area contributed by atoms with Crippen molar-refractivity contribution < 1.29 is 4.79 Å². The summed E-state index contributed by atoms with van der Waals surface area (Å²) in [4.78, 5) is 12.4. The van der Waals surface area contributed by atoms with Gasteiger partial charge in [0.25, 0.3) is 0 Å². The zero-order valence-electron chi connectivity index (χ0n) is 11.7. The Kier molecular flexibility index (Phi) is 5.01. The van der Waals surface area contributed by atoms with E-state index in [0.29, 0.717) is 5.92 Å². The molecule has 2 rings (SSSR count). The van der Waals surface area contributed by atoms with Crippen LogP contribution in [-0.4, -0.2) is 12.5 Å². The van der Waals surface area contributed by atoms with Gasteiger partial charge in [0.2, 0.25) is 5.91 Å². The Morgan fingerprint density at radius 3 is 2.58 bits per heavy atom. The minimum Gasteiger partial charge on any atom is -0.354 e. The highest BCUT2D eigenvalue weighted by atomic mass is 16.2. The summed E-state index contributed by atoms with van der Waals surface area (Å²) >= 11 is 0. The molecule has 0 aliphatic heterocycles. The molecule has 2 aliphatic rings. The molecule has 0 radical (unpaired) electrons. The molecule has 1 amide bonds. The first-order valence-electron chi connectivity index (χ1n) is 7.61. The zero-order chi connectivity index (χ0) is 13.6. The van der Waals surface area contributed by atoms with E-state index < -0.39 is 5.41 Å². The first kappa shape index (κ1) is 14.1. The predicted octanol–water partition coefficient (Wildman–Crippen LogP) is 3.32. The van der Waals surface area contributed by atoms with E-state index in [4.69, 9.17) is 0 Å². The summed E-state index contributed by atoms with van der Waals surface area (Å²) in [6.07, 6.45) is 13.5. The monoisotopic (exact) mass is 260 g/mol. The number of rotatable bonds is 3. The number of hydrogen-bond donors (Lipinski definition) is 1. The van der Waals surface area contributed by atoms with E-state index in [-0.39, 0.29) is 5.91 Å². The molecule has 0 saturated heterocycles. The van der Waals surface area contributed by atoms with E-state index in [9.17, 15) is 10.1 Å². The molecule has 104 valence electrons. The molecule has 19 heavy (non-hydrogen) atoms. The Bertz CT molecular complexity index is 373. The van der Waals surface area contributed by atoms with Crippen molar-refractivity contribution in [3.8, 4) is 6.07 Å². The third kappa shape index (κ3) is 3.59. The Labute approximate surface area is 116 Å². The summed E-state index contributed by atoms with van der Waals surface area (Å²) in [5.74, 6) is 0.530. The van der Waals surface area contributed by atoms with Gasteiger partial charge in [-0.05, 0) is 38.0 Å². The number of allylic oxidation sites excluding steroid dienone is 2. The SMILES string of the molecule is N#CC1(C(=O)NCC2CC=CCC2)CCCCCC1. The van der Waals surface area contributed by atoms with Crippen LogP contribution in [0.25, 0.3) is 0 Å². The smallest absolute Gasteiger partial charge is 0.240 e. The van der Waals surface area contributed by atoms with Crippen LogP contribution in [0.1, 0.15) is 57.8 Å². The fourth-order valence-corrected chi connectivity index (χ4v) is 3.17. The molecule has 0 spiro atoms. The van der Waals surface area contributed by atoms with Crippen LogP contribution in [0.4, 0.5) is 0 Å². The molecular weight excluding hydrogens is 236 g/mol. The van der Waals surface area contributed by atoms with Crippen molar-refractivity contribution in [2.75, 3.05) is 6.54 Å². The third-order valence-corrected chi connectivity index (χ3v) is 4.53. The number of nitrogens with one attached hydrogen (secondary N) is 1. The maximum atomic E-state index is 12.4. The molecule has 0 aromatic carbocycles. The Hall–Kier alpha value is -1.30. The first-order valence-corrected chi connectivity index (χ1v) is 7.61. The Morgan fingerprint density at radius 1 is 1.26 bits per heavy atom. The summed E-state index contributed by atoms with van der Waals surface area (Å²) in [5, 5.41) is 12.5. The van der Waals surface area contributed by atoms with Crippen LogP contribution in [0.2, 0.25) is 0 Å². The lowest BCUT2D eigenvalue weighted by molar-refractivity contribution is -0.129. The van der Waals surface area contributed by atoms with Gasteiger partial charge in [-0.25, -0.2) is 0 Å². The van der Waals surface area contributed by atoms with E-state index in [1.54, 1.807) is 0 Å². The van der Waals surface area contributed by atoms with Gasteiger partial charge in [0, 0.05) is 6.54 Å². The van der Waals surface area contributed by atoms with Crippen LogP contribution in [0.3, 0.4) is 0 Å². The molecule has 1 fully saturated rings. The number of amides is 1. The highest BCUT2D eigenvalue weighted by Crippen LogP contribution is 2.34. The van der Waals surface area contributed by atoms with Crippen LogP contribution < -0.4 is 5.32 Å². The molecule has 3 heteroatoms. The van der Waals surface area contributed by atoms with Crippen molar-refractivity contribution in [1.29, 1.82) is 5.26 Å². The summed E-state index contributed by atoms with van der Waals surface area (Å²) in [6.45, 7) is 0.729. The molecule has 1 saturated carbocycles. The summed E-state index contributed by atoms with van der Waals surface area (Å²) < 4.78 is 0. The molecule has 0 aromatic rings. The van der Waals surface area contributed by atoms with Crippen molar-refractivity contribution in [1.82, 2.24) is 5.32 Å². The van der Waals surface area contributed by atoms with E-state index in [0.717, 1.165) is 64.3 Å². The quantitative estimate of drug-likeness (QED) is 0.625. The molecular formula is C16H24N2O. The Balaban J connectivity index is 1.89. The van der Waals surface area contributed by atoms with Crippen LogP contribution in [0, 0.1) is 22.7 Å².